The highest BCUT2D eigenvalue weighted by Gasteiger charge is 2.11. The Bertz CT molecular complexity index is 399. The molecule has 1 aromatic carbocycles. The van der Waals surface area contributed by atoms with Crippen molar-refractivity contribution in [3.05, 3.63) is 29.8 Å². The Morgan fingerprint density at radius 1 is 1.28 bits per heavy atom. The first-order chi connectivity index (χ1) is 8.79. The van der Waals surface area contributed by atoms with Crippen molar-refractivity contribution in [2.45, 2.75) is 26.3 Å². The molecule has 0 spiro atoms. The molecular weight excluding hydrogens is 222 g/mol. The standard InChI is InChI=1S/C15H21N3/c1-13(10-16)11-17-12-14-4-6-15(7-5-14)18-8-2-3-9-18/h4-7,13,17H,2-3,8-9,11-12H2,1H3. The van der Waals surface area contributed by atoms with Crippen LogP contribution in [0.4, 0.5) is 5.69 Å². The summed E-state index contributed by atoms with van der Waals surface area (Å²) in [6.45, 7) is 5.91. The van der Waals surface area contributed by atoms with Crippen molar-refractivity contribution in [3.63, 3.8) is 0 Å². The molecule has 1 heterocycles. The zero-order valence-corrected chi connectivity index (χ0v) is 11.0. The summed E-state index contributed by atoms with van der Waals surface area (Å²) in [4.78, 5) is 2.44. The molecule has 0 aliphatic carbocycles. The average molecular weight is 243 g/mol. The summed E-state index contributed by atoms with van der Waals surface area (Å²) in [7, 11) is 0. The van der Waals surface area contributed by atoms with Crippen LogP contribution in [-0.2, 0) is 6.54 Å². The summed E-state index contributed by atoms with van der Waals surface area (Å²) in [6, 6.07) is 11.0. The highest BCUT2D eigenvalue weighted by molar-refractivity contribution is 5.48. The maximum atomic E-state index is 8.69. The summed E-state index contributed by atoms with van der Waals surface area (Å²) in [5.74, 6) is 0.0777. The molecule has 1 atom stereocenters. The summed E-state index contributed by atoms with van der Waals surface area (Å²) in [5, 5.41) is 12.0. The Balaban J connectivity index is 1.82. The van der Waals surface area contributed by atoms with Gasteiger partial charge in [0.2, 0.25) is 0 Å². The van der Waals surface area contributed by atoms with Crippen LogP contribution in [0, 0.1) is 17.2 Å². The number of rotatable bonds is 5. The predicted octanol–water partition coefficient (Wildman–Crippen LogP) is 2.54. The van der Waals surface area contributed by atoms with Gasteiger partial charge in [0.15, 0.2) is 0 Å². The second-order valence-corrected chi connectivity index (χ2v) is 5.02. The van der Waals surface area contributed by atoms with Gasteiger partial charge in [0.1, 0.15) is 0 Å². The number of hydrogen-bond donors (Lipinski definition) is 1. The van der Waals surface area contributed by atoms with Gasteiger partial charge < -0.3 is 10.2 Å². The Hall–Kier alpha value is -1.53. The highest BCUT2D eigenvalue weighted by Crippen LogP contribution is 2.20. The molecule has 3 nitrogen and oxygen atoms in total. The van der Waals surface area contributed by atoms with Crippen LogP contribution < -0.4 is 10.2 Å². The van der Waals surface area contributed by atoms with Gasteiger partial charge in [-0.1, -0.05) is 12.1 Å². The molecule has 1 aliphatic rings. The molecule has 3 heteroatoms. The molecule has 0 bridgehead atoms. The fraction of sp³-hybridized carbons (Fsp3) is 0.533. The van der Waals surface area contributed by atoms with Gasteiger partial charge in [0.05, 0.1) is 12.0 Å². The second kappa shape index (κ2) is 6.42. The zero-order valence-electron chi connectivity index (χ0n) is 11.0. The van der Waals surface area contributed by atoms with Crippen molar-refractivity contribution in [1.29, 1.82) is 5.26 Å². The number of nitriles is 1. The minimum absolute atomic E-state index is 0.0777. The number of nitrogens with zero attached hydrogens (tertiary/aromatic N) is 2. The van der Waals surface area contributed by atoms with E-state index in [1.807, 2.05) is 6.92 Å². The molecule has 0 saturated carbocycles. The summed E-state index contributed by atoms with van der Waals surface area (Å²) < 4.78 is 0. The van der Waals surface area contributed by atoms with E-state index in [0.717, 1.165) is 13.1 Å². The third-order valence-electron chi connectivity index (χ3n) is 3.41. The number of anilines is 1. The van der Waals surface area contributed by atoms with E-state index < -0.39 is 0 Å². The molecule has 96 valence electrons. The maximum absolute atomic E-state index is 8.69. The molecule has 0 radical (unpaired) electrons. The van der Waals surface area contributed by atoms with Gasteiger partial charge >= 0.3 is 0 Å². The molecular formula is C15H21N3. The molecule has 1 N–H and O–H groups in total. The smallest absolute Gasteiger partial charge is 0.0666 e. The Labute approximate surface area is 109 Å². The number of benzene rings is 1. The lowest BCUT2D eigenvalue weighted by Crippen LogP contribution is -2.20. The van der Waals surface area contributed by atoms with Crippen LogP contribution in [0.1, 0.15) is 25.3 Å². The Morgan fingerprint density at radius 2 is 1.94 bits per heavy atom. The van der Waals surface area contributed by atoms with Crippen molar-refractivity contribution in [1.82, 2.24) is 5.32 Å². The monoisotopic (exact) mass is 243 g/mol. The van der Waals surface area contributed by atoms with E-state index >= 15 is 0 Å². The Morgan fingerprint density at radius 3 is 2.56 bits per heavy atom. The normalized spacial score (nSPS) is 16.6. The van der Waals surface area contributed by atoms with Crippen LogP contribution in [0.5, 0.6) is 0 Å². The van der Waals surface area contributed by atoms with E-state index in [1.165, 1.54) is 37.2 Å². The van der Waals surface area contributed by atoms with Gasteiger partial charge in [0, 0.05) is 31.9 Å². The average Bonchev–Trinajstić information content (AvgIpc) is 2.93. The minimum Gasteiger partial charge on any atom is -0.372 e. The van der Waals surface area contributed by atoms with Gasteiger partial charge in [-0.2, -0.15) is 5.26 Å². The molecule has 2 rings (SSSR count). The van der Waals surface area contributed by atoms with Crippen LogP contribution in [0.3, 0.4) is 0 Å². The summed E-state index contributed by atoms with van der Waals surface area (Å²) in [6.07, 6.45) is 2.63. The lowest BCUT2D eigenvalue weighted by atomic mass is 10.1. The maximum Gasteiger partial charge on any atom is 0.0666 e. The predicted molar refractivity (Wildman–Crippen MR) is 74.4 cm³/mol. The van der Waals surface area contributed by atoms with E-state index in [1.54, 1.807) is 0 Å². The first kappa shape index (κ1) is 12.9. The van der Waals surface area contributed by atoms with Gasteiger partial charge in [-0.15, -0.1) is 0 Å². The van der Waals surface area contributed by atoms with E-state index in [9.17, 15) is 0 Å². The lowest BCUT2D eigenvalue weighted by molar-refractivity contribution is 0.601. The largest absolute Gasteiger partial charge is 0.372 e. The number of nitrogens with one attached hydrogen (secondary N) is 1. The summed E-state index contributed by atoms with van der Waals surface area (Å²) >= 11 is 0. The second-order valence-electron chi connectivity index (χ2n) is 5.02. The van der Waals surface area contributed by atoms with Crippen molar-refractivity contribution in [2.24, 2.45) is 5.92 Å². The van der Waals surface area contributed by atoms with Gasteiger partial charge in [-0.05, 0) is 37.5 Å². The van der Waals surface area contributed by atoms with Crippen molar-refractivity contribution < 1.29 is 0 Å². The molecule has 0 aromatic heterocycles. The van der Waals surface area contributed by atoms with Gasteiger partial charge in [0.25, 0.3) is 0 Å². The van der Waals surface area contributed by atoms with Gasteiger partial charge in [-0.25, -0.2) is 0 Å². The fourth-order valence-electron chi connectivity index (χ4n) is 2.28. The minimum atomic E-state index is 0.0777. The SMILES string of the molecule is CC(C#N)CNCc1ccc(N2CCCC2)cc1. The van der Waals surface area contributed by atoms with Crippen molar-refractivity contribution in [2.75, 3.05) is 24.5 Å². The molecule has 1 saturated heterocycles. The third kappa shape index (κ3) is 3.48. The van der Waals surface area contributed by atoms with E-state index in [4.69, 9.17) is 5.26 Å². The first-order valence-corrected chi connectivity index (χ1v) is 6.74. The van der Waals surface area contributed by atoms with Crippen LogP contribution in [0.25, 0.3) is 0 Å². The molecule has 1 aromatic rings. The third-order valence-corrected chi connectivity index (χ3v) is 3.41. The first-order valence-electron chi connectivity index (χ1n) is 6.74. The van der Waals surface area contributed by atoms with Crippen LogP contribution >= 0.6 is 0 Å². The van der Waals surface area contributed by atoms with E-state index in [0.29, 0.717) is 0 Å². The molecule has 0 amide bonds. The molecule has 18 heavy (non-hydrogen) atoms. The molecule has 1 unspecified atom stereocenters. The molecule has 1 aliphatic heterocycles. The van der Waals surface area contributed by atoms with Crippen molar-refractivity contribution in [3.8, 4) is 6.07 Å². The van der Waals surface area contributed by atoms with Crippen LogP contribution in [0.15, 0.2) is 24.3 Å². The highest BCUT2D eigenvalue weighted by atomic mass is 15.1. The Kier molecular flexibility index (Phi) is 4.60. The topological polar surface area (TPSA) is 39.1 Å². The molecule has 1 fully saturated rings. The quantitative estimate of drug-likeness (QED) is 0.863. The number of hydrogen-bond acceptors (Lipinski definition) is 3. The fourth-order valence-corrected chi connectivity index (χ4v) is 2.28. The zero-order chi connectivity index (χ0) is 12.8. The van der Waals surface area contributed by atoms with E-state index in [-0.39, 0.29) is 5.92 Å². The van der Waals surface area contributed by atoms with Crippen LogP contribution in [0.2, 0.25) is 0 Å². The van der Waals surface area contributed by atoms with Crippen LogP contribution in [-0.4, -0.2) is 19.6 Å². The lowest BCUT2D eigenvalue weighted by Gasteiger charge is -2.17. The van der Waals surface area contributed by atoms with E-state index in [2.05, 4.69) is 40.6 Å². The summed E-state index contributed by atoms with van der Waals surface area (Å²) in [5.41, 5.74) is 2.62. The van der Waals surface area contributed by atoms with Crippen molar-refractivity contribution >= 4 is 5.69 Å². The van der Waals surface area contributed by atoms with Gasteiger partial charge in [-0.3, -0.25) is 0 Å².